The Bertz CT molecular complexity index is 795. The monoisotopic (exact) mass is 450 g/mol. The number of rotatable bonds is 9. The van der Waals surface area contributed by atoms with E-state index >= 15 is 0 Å². The van der Waals surface area contributed by atoms with E-state index in [1.807, 2.05) is 0 Å². The van der Waals surface area contributed by atoms with Crippen LogP contribution in [0.5, 0.6) is 11.5 Å². The highest BCUT2D eigenvalue weighted by atomic mass is 35.5. The third-order valence-corrected chi connectivity index (χ3v) is 4.29. The zero-order chi connectivity index (χ0) is 19.8. The van der Waals surface area contributed by atoms with Crippen LogP contribution in [0.15, 0.2) is 47.0 Å². The number of ketones is 1. The van der Waals surface area contributed by atoms with Gasteiger partial charge in [0.2, 0.25) is 0 Å². The Balaban J connectivity index is 1.85. The average Bonchev–Trinajstić information content (AvgIpc) is 2.60. The largest absolute Gasteiger partial charge is 0.490 e. The average molecular weight is 452 g/mol. The number of carbonyl (C=O) groups excluding carboxylic acids is 1. The summed E-state index contributed by atoms with van der Waals surface area (Å²) in [4.78, 5) is 12.0. The Morgan fingerprint density at radius 2 is 1.67 bits per heavy atom. The van der Waals surface area contributed by atoms with E-state index in [1.54, 1.807) is 12.1 Å². The number of Topliss-reactive ketones (excluding diaryl/α,β-unsaturated/α-hetero) is 1. The fourth-order valence-corrected chi connectivity index (χ4v) is 2.85. The summed E-state index contributed by atoms with van der Waals surface area (Å²) >= 11 is 23.3. The minimum Gasteiger partial charge on any atom is -0.490 e. The molecule has 2 aromatic carbocycles. The number of carbonyl (C=O) groups is 1. The van der Waals surface area contributed by atoms with Gasteiger partial charge in [0.05, 0.1) is 16.7 Å². The van der Waals surface area contributed by atoms with Crippen LogP contribution in [-0.4, -0.2) is 19.0 Å². The molecule has 0 heterocycles. The molecular formula is C19H15Cl4FO3. The summed E-state index contributed by atoms with van der Waals surface area (Å²) in [5.41, 5.74) is 0.458. The molecule has 0 saturated carbocycles. The minimum atomic E-state index is -0.381. The van der Waals surface area contributed by atoms with E-state index in [4.69, 9.17) is 55.9 Å². The minimum absolute atomic E-state index is 0.0921. The van der Waals surface area contributed by atoms with Gasteiger partial charge >= 0.3 is 0 Å². The Morgan fingerprint density at radius 3 is 2.26 bits per heavy atom. The van der Waals surface area contributed by atoms with E-state index in [0.717, 1.165) is 0 Å². The number of hydrogen-bond acceptors (Lipinski definition) is 3. The predicted molar refractivity (Wildman–Crippen MR) is 107 cm³/mol. The molecule has 0 fully saturated rings. The maximum Gasteiger partial charge on any atom is 0.163 e. The normalized spacial score (nSPS) is 10.4. The fourth-order valence-electron chi connectivity index (χ4n) is 2.15. The van der Waals surface area contributed by atoms with Crippen molar-refractivity contribution in [2.75, 3.05) is 13.2 Å². The molecule has 0 amide bonds. The van der Waals surface area contributed by atoms with Gasteiger partial charge in [-0.05, 0) is 36.8 Å². The highest BCUT2D eigenvalue weighted by Gasteiger charge is 2.12. The number of benzene rings is 2. The first kappa shape index (κ1) is 21.8. The molecule has 3 nitrogen and oxygen atoms in total. The molecule has 0 saturated heterocycles. The molecule has 0 radical (unpaired) electrons. The molecule has 0 aliphatic rings. The van der Waals surface area contributed by atoms with E-state index in [9.17, 15) is 9.18 Å². The molecule has 2 aromatic rings. The molecule has 0 spiro atoms. The third kappa shape index (κ3) is 7.23. The highest BCUT2D eigenvalue weighted by molar-refractivity contribution is 6.55. The summed E-state index contributed by atoms with van der Waals surface area (Å²) in [6.45, 7) is 0.415. The van der Waals surface area contributed by atoms with Crippen molar-refractivity contribution in [2.24, 2.45) is 0 Å². The number of halogens is 5. The number of hydrogen-bond donors (Lipinski definition) is 0. The van der Waals surface area contributed by atoms with Gasteiger partial charge in [0, 0.05) is 24.1 Å². The molecule has 2 rings (SSSR count). The molecular weight excluding hydrogens is 437 g/mol. The van der Waals surface area contributed by atoms with Gasteiger partial charge in [-0.2, -0.15) is 0 Å². The summed E-state index contributed by atoms with van der Waals surface area (Å²) in [6, 6.07) is 8.54. The van der Waals surface area contributed by atoms with Crippen molar-refractivity contribution in [3.8, 4) is 11.5 Å². The van der Waals surface area contributed by atoms with Gasteiger partial charge in [-0.3, -0.25) is 4.79 Å². The second kappa shape index (κ2) is 10.8. The van der Waals surface area contributed by atoms with Crippen molar-refractivity contribution in [3.63, 3.8) is 0 Å². The van der Waals surface area contributed by atoms with E-state index in [1.165, 1.54) is 30.3 Å². The van der Waals surface area contributed by atoms with Gasteiger partial charge in [-0.15, -0.1) is 0 Å². The van der Waals surface area contributed by atoms with Crippen LogP contribution in [0.3, 0.4) is 0 Å². The summed E-state index contributed by atoms with van der Waals surface area (Å²) in [7, 11) is 0. The first-order valence-corrected chi connectivity index (χ1v) is 9.42. The first-order valence-electron chi connectivity index (χ1n) is 7.91. The van der Waals surface area contributed by atoms with Crippen molar-refractivity contribution >= 4 is 52.2 Å². The van der Waals surface area contributed by atoms with Crippen LogP contribution < -0.4 is 9.47 Å². The van der Waals surface area contributed by atoms with Crippen LogP contribution in [-0.2, 0) is 0 Å². The van der Waals surface area contributed by atoms with Gasteiger partial charge in [0.15, 0.2) is 11.5 Å². The van der Waals surface area contributed by atoms with Crippen molar-refractivity contribution in [1.82, 2.24) is 0 Å². The SMILES string of the molecule is O=C(CCCOc1c(Cl)cc(OCC=C(Cl)Cl)cc1Cl)c1ccc(F)cc1. The predicted octanol–water partition coefficient (Wildman–Crippen LogP) is 6.87. The Morgan fingerprint density at radius 1 is 1.04 bits per heavy atom. The Kier molecular flexibility index (Phi) is 8.71. The standard InChI is InChI=1S/C19H15Cl4FO3/c20-15-10-14(26-9-7-18(22)23)11-16(21)19(15)27-8-1-2-17(25)12-3-5-13(24)6-4-12/h3-7,10-11H,1-2,8-9H2. The Hall–Kier alpha value is -1.46. The van der Waals surface area contributed by atoms with E-state index in [-0.39, 0.29) is 45.8 Å². The molecule has 0 N–H and O–H groups in total. The lowest BCUT2D eigenvalue weighted by Crippen LogP contribution is -2.04. The van der Waals surface area contributed by atoms with Crippen molar-refractivity contribution in [3.05, 3.63) is 68.4 Å². The lowest BCUT2D eigenvalue weighted by Gasteiger charge is -2.12. The number of ether oxygens (including phenoxy) is 2. The van der Waals surface area contributed by atoms with Crippen LogP contribution >= 0.6 is 46.4 Å². The highest BCUT2D eigenvalue weighted by Crippen LogP contribution is 2.37. The zero-order valence-electron chi connectivity index (χ0n) is 14.0. The molecule has 8 heteroatoms. The summed E-state index contributed by atoms with van der Waals surface area (Å²) in [5.74, 6) is 0.277. The summed E-state index contributed by atoms with van der Waals surface area (Å²) < 4.78 is 24.0. The second-order valence-electron chi connectivity index (χ2n) is 5.40. The quantitative estimate of drug-likeness (QED) is 0.308. The van der Waals surface area contributed by atoms with Gasteiger partial charge in [-0.1, -0.05) is 46.4 Å². The van der Waals surface area contributed by atoms with Crippen LogP contribution in [0.25, 0.3) is 0 Å². The molecule has 0 aromatic heterocycles. The van der Waals surface area contributed by atoms with Gasteiger partial charge in [0.1, 0.15) is 22.7 Å². The summed E-state index contributed by atoms with van der Waals surface area (Å²) in [5, 5.41) is 0.562. The lowest BCUT2D eigenvalue weighted by molar-refractivity contribution is 0.0973. The zero-order valence-corrected chi connectivity index (χ0v) is 17.0. The smallest absolute Gasteiger partial charge is 0.163 e. The molecule has 0 aliphatic carbocycles. The second-order valence-corrected chi connectivity index (χ2v) is 7.23. The first-order chi connectivity index (χ1) is 12.9. The fraction of sp³-hybridized carbons (Fsp3) is 0.211. The lowest BCUT2D eigenvalue weighted by atomic mass is 10.1. The Labute approximate surface area is 176 Å². The van der Waals surface area contributed by atoms with Crippen molar-refractivity contribution in [2.45, 2.75) is 12.8 Å². The maximum absolute atomic E-state index is 12.9. The van der Waals surface area contributed by atoms with Crippen LogP contribution in [0.1, 0.15) is 23.2 Å². The van der Waals surface area contributed by atoms with Gasteiger partial charge < -0.3 is 9.47 Å². The van der Waals surface area contributed by atoms with Crippen LogP contribution in [0, 0.1) is 5.82 Å². The molecule has 0 bridgehead atoms. The molecule has 144 valence electrons. The van der Waals surface area contributed by atoms with E-state index in [2.05, 4.69) is 0 Å². The van der Waals surface area contributed by atoms with Crippen molar-refractivity contribution < 1.29 is 18.7 Å². The molecule has 0 aliphatic heterocycles. The molecule has 27 heavy (non-hydrogen) atoms. The maximum atomic E-state index is 12.9. The molecule has 0 atom stereocenters. The summed E-state index contributed by atoms with van der Waals surface area (Å²) in [6.07, 6.45) is 2.20. The van der Waals surface area contributed by atoms with Gasteiger partial charge in [-0.25, -0.2) is 4.39 Å². The van der Waals surface area contributed by atoms with Crippen molar-refractivity contribution in [1.29, 1.82) is 0 Å². The van der Waals surface area contributed by atoms with E-state index < -0.39 is 0 Å². The molecule has 0 unspecified atom stereocenters. The van der Waals surface area contributed by atoms with E-state index in [0.29, 0.717) is 23.5 Å². The van der Waals surface area contributed by atoms with Crippen LogP contribution in [0.2, 0.25) is 10.0 Å². The topological polar surface area (TPSA) is 35.5 Å². The third-order valence-electron chi connectivity index (χ3n) is 3.42. The van der Waals surface area contributed by atoms with Crippen LogP contribution in [0.4, 0.5) is 4.39 Å². The van der Waals surface area contributed by atoms with Gasteiger partial charge in [0.25, 0.3) is 0 Å².